The molecule has 0 aliphatic carbocycles. The monoisotopic (exact) mass is 390 g/mol. The molecule has 2 rings (SSSR count). The van der Waals surface area contributed by atoms with Gasteiger partial charge in [-0.1, -0.05) is 36.4 Å². The maximum atomic E-state index is 11.9. The summed E-state index contributed by atoms with van der Waals surface area (Å²) >= 11 is 0. The number of hydrogen-bond donors (Lipinski definition) is 0. The van der Waals surface area contributed by atoms with E-state index in [-0.39, 0.29) is 15.6 Å². The van der Waals surface area contributed by atoms with Crippen LogP contribution in [0, 0.1) is 0 Å². The molecule has 0 radical (unpaired) electrons. The van der Waals surface area contributed by atoms with Crippen molar-refractivity contribution < 1.29 is 21.6 Å². The Morgan fingerprint density at radius 3 is 1.23 bits per heavy atom. The Bertz CT molecular complexity index is 970. The minimum absolute atomic E-state index is 0.221. The fourth-order valence-electron chi connectivity index (χ4n) is 2.06. The van der Waals surface area contributed by atoms with Crippen LogP contribution in [-0.2, 0) is 24.5 Å². The molecule has 7 heteroatoms. The van der Waals surface area contributed by atoms with Crippen LogP contribution in [0.4, 0.5) is 0 Å². The first-order valence-corrected chi connectivity index (χ1v) is 11.3. The summed E-state index contributed by atoms with van der Waals surface area (Å²) in [5.74, 6) is -0.246. The Balaban J connectivity index is 2.03. The fourth-order valence-corrected chi connectivity index (χ4v) is 3.33. The number of sulfone groups is 2. The largest absolute Gasteiger partial charge is 0.290 e. The summed E-state index contributed by atoms with van der Waals surface area (Å²) in [7, 11) is -6.48. The molecule has 0 aliphatic rings. The zero-order valence-corrected chi connectivity index (χ0v) is 15.9. The van der Waals surface area contributed by atoms with E-state index in [0.29, 0.717) is 11.1 Å². The summed E-state index contributed by atoms with van der Waals surface area (Å²) in [4.78, 5) is 12.3. The summed E-state index contributed by atoms with van der Waals surface area (Å²) in [5.41, 5.74) is 1.41. The van der Waals surface area contributed by atoms with E-state index in [4.69, 9.17) is 0 Å². The van der Waals surface area contributed by atoms with Gasteiger partial charge in [-0.15, -0.1) is 0 Å². The lowest BCUT2D eigenvalue weighted by atomic mass is 10.1. The third kappa shape index (κ3) is 5.79. The number of ketones is 1. The quantitative estimate of drug-likeness (QED) is 0.708. The number of rotatable bonds is 6. The van der Waals surface area contributed by atoms with Gasteiger partial charge in [-0.2, -0.15) is 0 Å². The van der Waals surface area contributed by atoms with Gasteiger partial charge in [0.25, 0.3) is 0 Å². The van der Waals surface area contributed by atoms with Gasteiger partial charge in [0, 0.05) is 12.5 Å². The molecule has 0 atom stereocenters. The first-order chi connectivity index (χ1) is 12.1. The lowest BCUT2D eigenvalue weighted by Gasteiger charge is -1.99. The van der Waals surface area contributed by atoms with E-state index in [9.17, 15) is 21.6 Å². The molecule has 0 heterocycles. The predicted molar refractivity (Wildman–Crippen MR) is 102 cm³/mol. The molecule has 0 aromatic heterocycles. The Labute approximate surface area is 153 Å². The van der Waals surface area contributed by atoms with Gasteiger partial charge in [0.15, 0.2) is 25.5 Å². The summed E-state index contributed by atoms with van der Waals surface area (Å²) in [6.45, 7) is 0. The van der Waals surface area contributed by atoms with Crippen molar-refractivity contribution in [2.45, 2.75) is 9.79 Å². The molecule has 0 bridgehead atoms. The van der Waals surface area contributed by atoms with Gasteiger partial charge in [-0.05, 0) is 47.5 Å². The second kappa shape index (κ2) is 7.80. The van der Waals surface area contributed by atoms with Crippen molar-refractivity contribution in [3.63, 3.8) is 0 Å². The van der Waals surface area contributed by atoms with Gasteiger partial charge in [0.1, 0.15) is 0 Å². The highest BCUT2D eigenvalue weighted by atomic mass is 32.2. The molecule has 0 N–H and O–H groups in total. The van der Waals surface area contributed by atoms with Crippen LogP contribution >= 0.6 is 0 Å². The molecule has 5 nitrogen and oxygen atoms in total. The van der Waals surface area contributed by atoms with E-state index in [1.165, 1.54) is 36.4 Å². The maximum Gasteiger partial charge on any atom is 0.178 e. The van der Waals surface area contributed by atoms with Crippen LogP contribution in [0.2, 0.25) is 0 Å². The molecule has 0 saturated heterocycles. The Kier molecular flexibility index (Phi) is 5.94. The molecule has 0 aliphatic heterocycles. The van der Waals surface area contributed by atoms with Crippen LogP contribution in [0.15, 0.2) is 70.5 Å². The van der Waals surface area contributed by atoms with Crippen LogP contribution in [0.25, 0.3) is 12.2 Å². The number of carbonyl (C=O) groups is 1. The Morgan fingerprint density at radius 1 is 0.654 bits per heavy atom. The molecule has 2 aromatic rings. The van der Waals surface area contributed by atoms with Gasteiger partial charge < -0.3 is 0 Å². The van der Waals surface area contributed by atoms with Gasteiger partial charge >= 0.3 is 0 Å². The third-order valence-corrected chi connectivity index (χ3v) is 5.75. The molecule has 2 aromatic carbocycles. The Hall–Kier alpha value is -2.51. The molecule has 0 fully saturated rings. The maximum absolute atomic E-state index is 11.9. The number of allylic oxidation sites excluding steroid dienone is 2. The third-order valence-electron chi connectivity index (χ3n) is 3.50. The second-order valence-corrected chi connectivity index (χ2v) is 9.78. The Morgan fingerprint density at radius 2 is 0.962 bits per heavy atom. The van der Waals surface area contributed by atoms with E-state index in [2.05, 4.69) is 0 Å². The number of hydrogen-bond acceptors (Lipinski definition) is 5. The molecule has 0 unspecified atom stereocenters. The van der Waals surface area contributed by atoms with E-state index >= 15 is 0 Å². The second-order valence-electron chi connectivity index (χ2n) is 5.75. The zero-order chi connectivity index (χ0) is 19.4. The van der Waals surface area contributed by atoms with Crippen molar-refractivity contribution in [2.75, 3.05) is 12.5 Å². The summed E-state index contributed by atoms with van der Waals surface area (Å²) in [6, 6.07) is 12.4. The minimum Gasteiger partial charge on any atom is -0.290 e. The average Bonchev–Trinajstić information content (AvgIpc) is 2.57. The first kappa shape index (κ1) is 19.8. The highest BCUT2D eigenvalue weighted by Crippen LogP contribution is 2.13. The van der Waals surface area contributed by atoms with Crippen molar-refractivity contribution in [2.24, 2.45) is 0 Å². The molecule has 0 saturated carbocycles. The van der Waals surface area contributed by atoms with Crippen molar-refractivity contribution in [3.05, 3.63) is 71.8 Å². The summed E-state index contributed by atoms with van der Waals surface area (Å²) in [6.07, 6.45) is 8.19. The lowest BCUT2D eigenvalue weighted by Crippen LogP contribution is -1.96. The molecular formula is C19H18O5S2. The van der Waals surface area contributed by atoms with Crippen LogP contribution < -0.4 is 0 Å². The smallest absolute Gasteiger partial charge is 0.178 e. The number of carbonyl (C=O) groups excluding carboxylic acids is 1. The van der Waals surface area contributed by atoms with Gasteiger partial charge in [-0.3, -0.25) is 4.79 Å². The van der Waals surface area contributed by atoms with Crippen LogP contribution in [-0.4, -0.2) is 35.1 Å². The van der Waals surface area contributed by atoms with Gasteiger partial charge in [0.2, 0.25) is 0 Å². The SMILES string of the molecule is CS(=O)(=O)c1ccc(C=CC(=O)C=Cc2ccc(S(C)(=O)=O)cc2)cc1. The number of benzene rings is 2. The summed E-state index contributed by atoms with van der Waals surface area (Å²) < 4.78 is 45.6. The topological polar surface area (TPSA) is 85.3 Å². The summed E-state index contributed by atoms with van der Waals surface area (Å²) in [5, 5.41) is 0. The van der Waals surface area contributed by atoms with Gasteiger partial charge in [-0.25, -0.2) is 16.8 Å². The molecule has 0 spiro atoms. The highest BCUT2D eigenvalue weighted by Gasteiger charge is 2.06. The average molecular weight is 390 g/mol. The van der Waals surface area contributed by atoms with Crippen molar-refractivity contribution in [1.29, 1.82) is 0 Å². The molecular weight excluding hydrogens is 372 g/mol. The fraction of sp³-hybridized carbons (Fsp3) is 0.105. The van der Waals surface area contributed by atoms with E-state index < -0.39 is 19.7 Å². The zero-order valence-electron chi connectivity index (χ0n) is 14.3. The van der Waals surface area contributed by atoms with Crippen molar-refractivity contribution >= 4 is 37.6 Å². The molecule has 26 heavy (non-hydrogen) atoms. The predicted octanol–water partition coefficient (Wildman–Crippen LogP) is 2.79. The van der Waals surface area contributed by atoms with E-state index in [1.54, 1.807) is 36.4 Å². The highest BCUT2D eigenvalue weighted by molar-refractivity contribution is 7.91. The normalized spacial score (nSPS) is 12.7. The van der Waals surface area contributed by atoms with Crippen LogP contribution in [0.1, 0.15) is 11.1 Å². The lowest BCUT2D eigenvalue weighted by molar-refractivity contribution is -0.110. The van der Waals surface area contributed by atoms with Crippen molar-refractivity contribution in [3.8, 4) is 0 Å². The van der Waals surface area contributed by atoms with Crippen molar-refractivity contribution in [1.82, 2.24) is 0 Å². The van der Waals surface area contributed by atoms with Crippen LogP contribution in [0.3, 0.4) is 0 Å². The molecule has 0 amide bonds. The van der Waals surface area contributed by atoms with Gasteiger partial charge in [0.05, 0.1) is 9.79 Å². The first-order valence-electron chi connectivity index (χ1n) is 7.56. The van der Waals surface area contributed by atoms with Crippen LogP contribution in [0.5, 0.6) is 0 Å². The van der Waals surface area contributed by atoms with E-state index in [1.807, 2.05) is 0 Å². The minimum atomic E-state index is -3.24. The van der Waals surface area contributed by atoms with E-state index in [0.717, 1.165) is 12.5 Å². The molecule has 136 valence electrons. The standard InChI is InChI=1S/C19H18O5S2/c1-25(21,22)18-11-5-15(6-12-18)3-9-17(20)10-4-16-7-13-19(14-8-16)26(2,23)24/h3-14H,1-2H3.